The summed E-state index contributed by atoms with van der Waals surface area (Å²) in [7, 11) is 1.27. The van der Waals surface area contributed by atoms with Gasteiger partial charge in [-0.1, -0.05) is 44.0 Å². The van der Waals surface area contributed by atoms with Gasteiger partial charge >= 0.3 is 11.9 Å². The van der Waals surface area contributed by atoms with Crippen molar-refractivity contribution in [2.75, 3.05) is 7.11 Å². The maximum atomic E-state index is 12.6. The van der Waals surface area contributed by atoms with Crippen LogP contribution < -0.4 is 5.32 Å². The molecule has 0 radical (unpaired) electrons. The first-order valence-electron chi connectivity index (χ1n) is 9.15. The largest absolute Gasteiger partial charge is 0.467 e. The number of carbonyl (C=O) groups is 3. The van der Waals surface area contributed by atoms with E-state index in [2.05, 4.69) is 37.2 Å². The lowest BCUT2D eigenvalue weighted by molar-refractivity contribution is -0.142. The first-order chi connectivity index (χ1) is 14.0. The minimum absolute atomic E-state index is 0.211. The standard InChI is InChI=1S/C22H23Br2NO5/c1-22(2,3)30-20(27)14-7-5-13(6-8-14)9-18(21(28)29-4)25-19(26)15-10-16(23)12-17(24)11-15/h5-8,10-12,18H,9H2,1-4H3,(H,25,26)/t18-/m0/s1. The molecule has 0 spiro atoms. The fourth-order valence-corrected chi connectivity index (χ4v) is 3.91. The van der Waals surface area contributed by atoms with E-state index in [0.717, 1.165) is 14.5 Å². The Morgan fingerprint density at radius 3 is 2.03 bits per heavy atom. The number of ether oxygens (including phenoxy) is 2. The van der Waals surface area contributed by atoms with Gasteiger partial charge in [-0.3, -0.25) is 4.79 Å². The first kappa shape index (κ1) is 24.1. The second kappa shape index (κ2) is 10.2. The zero-order chi connectivity index (χ0) is 22.5. The number of rotatable bonds is 6. The van der Waals surface area contributed by atoms with Gasteiger partial charge < -0.3 is 14.8 Å². The molecule has 0 aliphatic rings. The maximum absolute atomic E-state index is 12.6. The van der Waals surface area contributed by atoms with Crippen LogP contribution in [-0.4, -0.2) is 36.6 Å². The van der Waals surface area contributed by atoms with Crippen molar-refractivity contribution in [2.24, 2.45) is 0 Å². The SMILES string of the molecule is COC(=O)[C@H](Cc1ccc(C(=O)OC(C)(C)C)cc1)NC(=O)c1cc(Br)cc(Br)c1. The van der Waals surface area contributed by atoms with Gasteiger partial charge in [0.05, 0.1) is 12.7 Å². The van der Waals surface area contributed by atoms with E-state index in [0.29, 0.717) is 11.1 Å². The van der Waals surface area contributed by atoms with Gasteiger partial charge in [-0.25, -0.2) is 9.59 Å². The van der Waals surface area contributed by atoms with Gasteiger partial charge in [0.1, 0.15) is 11.6 Å². The summed E-state index contributed by atoms with van der Waals surface area (Å²) >= 11 is 6.68. The van der Waals surface area contributed by atoms with Crippen molar-refractivity contribution in [1.29, 1.82) is 0 Å². The Hall–Kier alpha value is -2.19. The highest BCUT2D eigenvalue weighted by Gasteiger charge is 2.23. The molecule has 6 nitrogen and oxygen atoms in total. The van der Waals surface area contributed by atoms with E-state index in [1.54, 1.807) is 63.2 Å². The Morgan fingerprint density at radius 1 is 0.967 bits per heavy atom. The van der Waals surface area contributed by atoms with Crippen LogP contribution in [0.5, 0.6) is 0 Å². The van der Waals surface area contributed by atoms with E-state index in [-0.39, 0.29) is 6.42 Å². The maximum Gasteiger partial charge on any atom is 0.338 e. The van der Waals surface area contributed by atoms with Crippen molar-refractivity contribution >= 4 is 49.7 Å². The van der Waals surface area contributed by atoms with E-state index in [1.165, 1.54) is 7.11 Å². The lowest BCUT2D eigenvalue weighted by Gasteiger charge is -2.20. The van der Waals surface area contributed by atoms with Gasteiger partial charge in [0, 0.05) is 20.9 Å². The van der Waals surface area contributed by atoms with Gasteiger partial charge in [0.15, 0.2) is 0 Å². The number of nitrogens with one attached hydrogen (secondary N) is 1. The molecular formula is C22H23Br2NO5. The highest BCUT2D eigenvalue weighted by atomic mass is 79.9. The molecule has 1 atom stereocenters. The van der Waals surface area contributed by atoms with E-state index in [1.807, 2.05) is 0 Å². The molecular weight excluding hydrogens is 518 g/mol. The third kappa shape index (κ3) is 7.25. The summed E-state index contributed by atoms with van der Waals surface area (Å²) in [4.78, 5) is 37.0. The molecule has 160 valence electrons. The predicted octanol–water partition coefficient (Wildman–Crippen LogP) is 4.68. The number of halogens is 2. The normalized spacial score (nSPS) is 12.1. The molecule has 2 aromatic rings. The van der Waals surface area contributed by atoms with Crippen LogP contribution in [-0.2, 0) is 20.7 Å². The molecule has 0 heterocycles. The molecule has 0 fully saturated rings. The third-order valence-electron chi connectivity index (χ3n) is 3.94. The van der Waals surface area contributed by atoms with Gasteiger partial charge in [-0.15, -0.1) is 0 Å². The van der Waals surface area contributed by atoms with Crippen LogP contribution in [0.3, 0.4) is 0 Å². The van der Waals surface area contributed by atoms with E-state index in [4.69, 9.17) is 9.47 Å². The molecule has 0 unspecified atom stereocenters. The zero-order valence-electron chi connectivity index (χ0n) is 17.1. The number of benzene rings is 2. The molecule has 0 aliphatic heterocycles. The van der Waals surface area contributed by atoms with Crippen LogP contribution in [0.4, 0.5) is 0 Å². The van der Waals surface area contributed by atoms with Crippen molar-refractivity contribution in [2.45, 2.75) is 38.8 Å². The third-order valence-corrected chi connectivity index (χ3v) is 4.86. The average molecular weight is 541 g/mol. The molecule has 30 heavy (non-hydrogen) atoms. The second-order valence-corrected chi connectivity index (χ2v) is 9.44. The number of esters is 2. The highest BCUT2D eigenvalue weighted by molar-refractivity contribution is 9.11. The molecule has 0 bridgehead atoms. The van der Waals surface area contributed by atoms with Crippen molar-refractivity contribution in [3.05, 3.63) is 68.1 Å². The van der Waals surface area contributed by atoms with Gasteiger partial charge in [0.2, 0.25) is 0 Å². The molecule has 0 saturated carbocycles. The van der Waals surface area contributed by atoms with Crippen LogP contribution in [0.25, 0.3) is 0 Å². The molecule has 8 heteroatoms. The molecule has 0 saturated heterocycles. The Balaban J connectivity index is 2.14. The fourth-order valence-electron chi connectivity index (χ4n) is 2.61. The quantitative estimate of drug-likeness (QED) is 0.538. The fraction of sp³-hybridized carbons (Fsp3) is 0.318. The number of hydrogen-bond acceptors (Lipinski definition) is 5. The van der Waals surface area contributed by atoms with Crippen molar-refractivity contribution in [3.63, 3.8) is 0 Å². The molecule has 2 rings (SSSR count). The Bertz CT molecular complexity index is 915. The molecule has 0 aliphatic carbocycles. The van der Waals surface area contributed by atoms with Crippen LogP contribution in [0.15, 0.2) is 51.4 Å². The van der Waals surface area contributed by atoms with Gasteiger partial charge in [0.25, 0.3) is 5.91 Å². The second-order valence-electron chi connectivity index (χ2n) is 7.61. The van der Waals surface area contributed by atoms with Crippen LogP contribution in [0, 0.1) is 0 Å². The van der Waals surface area contributed by atoms with Gasteiger partial charge in [-0.05, 0) is 56.7 Å². The topological polar surface area (TPSA) is 81.7 Å². The van der Waals surface area contributed by atoms with Crippen LogP contribution >= 0.6 is 31.9 Å². The van der Waals surface area contributed by atoms with E-state index < -0.39 is 29.5 Å². The minimum Gasteiger partial charge on any atom is -0.467 e. The lowest BCUT2D eigenvalue weighted by Crippen LogP contribution is -2.43. The number of carbonyl (C=O) groups excluding carboxylic acids is 3. The van der Waals surface area contributed by atoms with Crippen LogP contribution in [0.1, 0.15) is 47.1 Å². The van der Waals surface area contributed by atoms with Crippen molar-refractivity contribution in [1.82, 2.24) is 5.32 Å². The van der Waals surface area contributed by atoms with Crippen molar-refractivity contribution < 1.29 is 23.9 Å². The summed E-state index contributed by atoms with van der Waals surface area (Å²) in [5.41, 5.74) is 0.974. The zero-order valence-corrected chi connectivity index (χ0v) is 20.3. The molecule has 1 amide bonds. The Kier molecular flexibility index (Phi) is 8.20. The minimum atomic E-state index is -0.882. The summed E-state index contributed by atoms with van der Waals surface area (Å²) in [5, 5.41) is 2.71. The monoisotopic (exact) mass is 539 g/mol. The summed E-state index contributed by atoms with van der Waals surface area (Å²) in [6.07, 6.45) is 0.211. The molecule has 0 aromatic heterocycles. The summed E-state index contributed by atoms with van der Waals surface area (Å²) in [5.74, 6) is -1.39. The summed E-state index contributed by atoms with van der Waals surface area (Å²) < 4.78 is 11.6. The van der Waals surface area contributed by atoms with E-state index >= 15 is 0 Å². The molecule has 1 N–H and O–H groups in total. The highest BCUT2D eigenvalue weighted by Crippen LogP contribution is 2.20. The first-order valence-corrected chi connectivity index (χ1v) is 10.7. The van der Waals surface area contributed by atoms with Crippen LogP contribution in [0.2, 0.25) is 0 Å². The molecule has 2 aromatic carbocycles. The van der Waals surface area contributed by atoms with Gasteiger partial charge in [-0.2, -0.15) is 0 Å². The Labute approximate surface area is 192 Å². The predicted molar refractivity (Wildman–Crippen MR) is 120 cm³/mol. The summed E-state index contributed by atoms with van der Waals surface area (Å²) in [6, 6.07) is 10.9. The summed E-state index contributed by atoms with van der Waals surface area (Å²) in [6.45, 7) is 5.40. The smallest absolute Gasteiger partial charge is 0.338 e. The number of hydrogen-bond donors (Lipinski definition) is 1. The Morgan fingerprint density at radius 2 is 1.53 bits per heavy atom. The number of methoxy groups -OCH3 is 1. The number of amides is 1. The lowest BCUT2D eigenvalue weighted by atomic mass is 10.0. The van der Waals surface area contributed by atoms with E-state index in [9.17, 15) is 14.4 Å². The average Bonchev–Trinajstić information content (AvgIpc) is 2.65. The van der Waals surface area contributed by atoms with Crippen molar-refractivity contribution in [3.8, 4) is 0 Å².